The van der Waals surface area contributed by atoms with Crippen molar-refractivity contribution in [3.63, 3.8) is 0 Å². The molecule has 27 heavy (non-hydrogen) atoms. The molecule has 5 heteroatoms. The lowest BCUT2D eigenvalue weighted by Gasteiger charge is -2.31. The van der Waals surface area contributed by atoms with Crippen molar-refractivity contribution in [1.29, 1.82) is 0 Å². The summed E-state index contributed by atoms with van der Waals surface area (Å²) in [6, 6.07) is 0. The minimum atomic E-state index is -0.199. The third-order valence-electron chi connectivity index (χ3n) is 6.12. The van der Waals surface area contributed by atoms with E-state index in [1.807, 2.05) is 20.8 Å². The van der Waals surface area contributed by atoms with Crippen molar-refractivity contribution in [3.05, 3.63) is 0 Å². The summed E-state index contributed by atoms with van der Waals surface area (Å²) in [7, 11) is 0. The largest absolute Gasteiger partial charge is 0.356 e. The van der Waals surface area contributed by atoms with Gasteiger partial charge < -0.3 is 5.32 Å². The second kappa shape index (κ2) is 8.32. The van der Waals surface area contributed by atoms with E-state index >= 15 is 0 Å². The number of nitrogens with one attached hydrogen (secondary N) is 1. The van der Waals surface area contributed by atoms with E-state index in [2.05, 4.69) is 26.1 Å². The topological polar surface area (TPSA) is 66.5 Å². The zero-order valence-electron chi connectivity index (χ0n) is 18.1. The predicted molar refractivity (Wildman–Crippen MR) is 107 cm³/mol. The molecule has 1 saturated carbocycles. The van der Waals surface area contributed by atoms with Crippen molar-refractivity contribution < 1.29 is 14.4 Å². The Hall–Kier alpha value is -1.39. The van der Waals surface area contributed by atoms with Crippen LogP contribution in [0.15, 0.2) is 0 Å². The van der Waals surface area contributed by atoms with Gasteiger partial charge in [-0.05, 0) is 48.9 Å². The van der Waals surface area contributed by atoms with Gasteiger partial charge >= 0.3 is 0 Å². The first-order valence-corrected chi connectivity index (χ1v) is 10.5. The molecule has 0 aromatic heterocycles. The van der Waals surface area contributed by atoms with Gasteiger partial charge in [0.1, 0.15) is 0 Å². The molecule has 3 amide bonds. The molecule has 1 atom stereocenters. The van der Waals surface area contributed by atoms with Crippen molar-refractivity contribution in [1.82, 2.24) is 10.2 Å². The zero-order valence-corrected chi connectivity index (χ0v) is 18.1. The number of carbonyl (C=O) groups is 3. The first kappa shape index (κ1) is 21.9. The maximum atomic E-state index is 12.6. The molecular weight excluding hydrogens is 340 g/mol. The second-order valence-corrected chi connectivity index (χ2v) is 10.8. The number of carbonyl (C=O) groups excluding carboxylic acids is 3. The van der Waals surface area contributed by atoms with E-state index in [0.29, 0.717) is 18.9 Å². The fourth-order valence-corrected chi connectivity index (χ4v) is 4.12. The zero-order chi connectivity index (χ0) is 20.4. The molecule has 0 radical (unpaired) electrons. The maximum Gasteiger partial charge on any atom is 0.233 e. The van der Waals surface area contributed by atoms with E-state index in [1.165, 1.54) is 4.90 Å². The Morgan fingerprint density at radius 2 is 1.63 bits per heavy atom. The summed E-state index contributed by atoms with van der Waals surface area (Å²) in [5.41, 5.74) is 0.0506. The van der Waals surface area contributed by atoms with Crippen LogP contribution in [0.4, 0.5) is 0 Å². The Bertz CT molecular complexity index is 563. The summed E-state index contributed by atoms with van der Waals surface area (Å²) in [6.07, 6.45) is 4.84. The first-order valence-electron chi connectivity index (χ1n) is 10.5. The summed E-state index contributed by atoms with van der Waals surface area (Å²) in [6.45, 7) is 13.9. The van der Waals surface area contributed by atoms with Crippen molar-refractivity contribution in [2.75, 3.05) is 13.1 Å². The van der Waals surface area contributed by atoms with Crippen LogP contribution in [-0.4, -0.2) is 35.7 Å². The average Bonchev–Trinajstić information content (AvgIpc) is 2.82. The van der Waals surface area contributed by atoms with Crippen molar-refractivity contribution >= 4 is 17.7 Å². The predicted octanol–water partition coefficient (Wildman–Crippen LogP) is 3.77. The SMILES string of the molecule is CC(C)(C)CCNC(=O)C1CCC(CN2C(=O)CC(C(C)(C)C)C2=O)CC1. The molecule has 1 aliphatic carbocycles. The number of rotatable bonds is 5. The van der Waals surface area contributed by atoms with Crippen LogP contribution in [0, 0.1) is 28.6 Å². The summed E-state index contributed by atoms with van der Waals surface area (Å²) in [5.74, 6) is 0.342. The molecule has 0 aromatic carbocycles. The Balaban J connectivity index is 1.78. The number of likely N-dealkylation sites (tertiary alicyclic amines) is 1. The Kier molecular flexibility index (Phi) is 6.75. The van der Waals surface area contributed by atoms with Crippen LogP contribution in [0.5, 0.6) is 0 Å². The lowest BCUT2D eigenvalue weighted by Crippen LogP contribution is -2.40. The molecule has 1 saturated heterocycles. The van der Waals surface area contributed by atoms with Crippen LogP contribution < -0.4 is 5.32 Å². The van der Waals surface area contributed by atoms with Gasteiger partial charge in [0, 0.05) is 25.4 Å². The fraction of sp³-hybridized carbons (Fsp3) is 0.864. The average molecular weight is 379 g/mol. The Labute approximate surface area is 164 Å². The molecule has 2 fully saturated rings. The van der Waals surface area contributed by atoms with Crippen LogP contribution in [-0.2, 0) is 14.4 Å². The standard InChI is InChI=1S/C22H38N2O3/c1-21(2,3)11-12-23-19(26)16-9-7-15(8-10-16)14-24-18(25)13-17(20(24)27)22(4,5)6/h15-17H,7-14H2,1-6H3,(H,23,26). The first-order chi connectivity index (χ1) is 12.4. The molecule has 0 bridgehead atoms. The number of imide groups is 1. The highest BCUT2D eigenvalue weighted by Gasteiger charge is 2.45. The fourth-order valence-electron chi connectivity index (χ4n) is 4.12. The van der Waals surface area contributed by atoms with Gasteiger partial charge in [0.05, 0.1) is 5.92 Å². The van der Waals surface area contributed by atoms with E-state index in [4.69, 9.17) is 0 Å². The number of hydrogen-bond acceptors (Lipinski definition) is 3. The minimum Gasteiger partial charge on any atom is -0.356 e. The lowest BCUT2D eigenvalue weighted by atomic mass is 9.79. The van der Waals surface area contributed by atoms with E-state index in [9.17, 15) is 14.4 Å². The van der Waals surface area contributed by atoms with Crippen LogP contribution in [0.25, 0.3) is 0 Å². The molecule has 1 N–H and O–H groups in total. The second-order valence-electron chi connectivity index (χ2n) is 10.8. The summed E-state index contributed by atoms with van der Waals surface area (Å²) in [4.78, 5) is 38.8. The third-order valence-corrected chi connectivity index (χ3v) is 6.12. The van der Waals surface area contributed by atoms with Crippen LogP contribution in [0.1, 0.15) is 80.1 Å². The number of hydrogen-bond donors (Lipinski definition) is 1. The van der Waals surface area contributed by atoms with Crippen LogP contribution in [0.2, 0.25) is 0 Å². The highest BCUT2D eigenvalue weighted by atomic mass is 16.2. The monoisotopic (exact) mass is 378 g/mol. The number of amides is 3. The van der Waals surface area contributed by atoms with E-state index < -0.39 is 0 Å². The molecule has 5 nitrogen and oxygen atoms in total. The summed E-state index contributed by atoms with van der Waals surface area (Å²) < 4.78 is 0. The highest BCUT2D eigenvalue weighted by Crippen LogP contribution is 2.37. The van der Waals surface area contributed by atoms with E-state index in [-0.39, 0.29) is 40.4 Å². The molecule has 0 aromatic rings. The molecular formula is C22H38N2O3. The third kappa shape index (κ3) is 6.05. The molecule has 154 valence electrons. The smallest absolute Gasteiger partial charge is 0.233 e. The van der Waals surface area contributed by atoms with Crippen molar-refractivity contribution in [2.45, 2.75) is 80.1 Å². The number of nitrogens with zero attached hydrogens (tertiary/aromatic N) is 1. The lowest BCUT2D eigenvalue weighted by molar-refractivity contribution is -0.141. The molecule has 1 aliphatic heterocycles. The quantitative estimate of drug-likeness (QED) is 0.741. The summed E-state index contributed by atoms with van der Waals surface area (Å²) >= 11 is 0. The van der Waals surface area contributed by atoms with Crippen molar-refractivity contribution in [2.24, 2.45) is 28.6 Å². The van der Waals surface area contributed by atoms with Gasteiger partial charge in [-0.15, -0.1) is 0 Å². The molecule has 0 spiro atoms. The molecule has 2 rings (SSSR count). The normalized spacial score (nSPS) is 27.2. The van der Waals surface area contributed by atoms with Gasteiger partial charge in [0.15, 0.2) is 0 Å². The van der Waals surface area contributed by atoms with Gasteiger partial charge in [-0.3, -0.25) is 19.3 Å². The minimum absolute atomic E-state index is 0.00505. The van der Waals surface area contributed by atoms with E-state index in [1.54, 1.807) is 0 Å². The summed E-state index contributed by atoms with van der Waals surface area (Å²) in [5, 5.41) is 3.08. The molecule has 1 unspecified atom stereocenters. The van der Waals surface area contributed by atoms with Gasteiger partial charge in [0.25, 0.3) is 0 Å². The Morgan fingerprint density at radius 1 is 1.04 bits per heavy atom. The highest BCUT2D eigenvalue weighted by molar-refractivity contribution is 6.03. The van der Waals surface area contributed by atoms with Gasteiger partial charge in [0.2, 0.25) is 17.7 Å². The van der Waals surface area contributed by atoms with E-state index in [0.717, 1.165) is 38.6 Å². The van der Waals surface area contributed by atoms with Gasteiger partial charge in [-0.1, -0.05) is 41.5 Å². The van der Waals surface area contributed by atoms with Gasteiger partial charge in [-0.25, -0.2) is 0 Å². The van der Waals surface area contributed by atoms with Gasteiger partial charge in [-0.2, -0.15) is 0 Å². The maximum absolute atomic E-state index is 12.6. The van der Waals surface area contributed by atoms with Crippen LogP contribution >= 0.6 is 0 Å². The Morgan fingerprint density at radius 3 is 2.11 bits per heavy atom. The molecule has 2 aliphatic rings. The van der Waals surface area contributed by atoms with Crippen molar-refractivity contribution in [3.8, 4) is 0 Å². The van der Waals surface area contributed by atoms with Crippen LogP contribution in [0.3, 0.4) is 0 Å². The molecule has 1 heterocycles.